The molecule has 5 heteroatoms. The molecule has 3 rings (SSSR count). The summed E-state index contributed by atoms with van der Waals surface area (Å²) < 4.78 is 14.3. The van der Waals surface area contributed by atoms with Crippen LogP contribution < -0.4 is 5.32 Å². The van der Waals surface area contributed by atoms with E-state index in [1.807, 2.05) is 24.3 Å². The summed E-state index contributed by atoms with van der Waals surface area (Å²) in [6.07, 6.45) is 0. The van der Waals surface area contributed by atoms with Crippen LogP contribution in [0, 0.1) is 5.82 Å². The number of nitrogens with zero attached hydrogens (tertiary/aromatic N) is 1. The average molecular weight is 293 g/mol. The summed E-state index contributed by atoms with van der Waals surface area (Å²) in [5.41, 5.74) is 1.64. The van der Waals surface area contributed by atoms with Gasteiger partial charge in [0.2, 0.25) is 0 Å². The van der Waals surface area contributed by atoms with Gasteiger partial charge in [-0.2, -0.15) is 0 Å². The van der Waals surface area contributed by atoms with Crippen LogP contribution in [0.3, 0.4) is 0 Å². The van der Waals surface area contributed by atoms with Crippen molar-refractivity contribution >= 4 is 38.8 Å². The van der Waals surface area contributed by atoms with Gasteiger partial charge in [-0.25, -0.2) is 9.37 Å². The molecule has 0 fully saturated rings. The number of nitrogens with one attached hydrogen (secondary N) is 1. The largest absolute Gasteiger partial charge is 0.378 e. The molecule has 0 saturated carbocycles. The summed E-state index contributed by atoms with van der Waals surface area (Å²) in [7, 11) is 0. The Morgan fingerprint density at radius 1 is 1.21 bits per heavy atom. The zero-order chi connectivity index (χ0) is 13.2. The SMILES string of the molecule is Fc1cc(Cl)cc(NCc2nc3ccccc3s2)c1. The quantitative estimate of drug-likeness (QED) is 0.757. The number of benzene rings is 2. The van der Waals surface area contributed by atoms with Crippen LogP contribution in [-0.4, -0.2) is 4.98 Å². The smallest absolute Gasteiger partial charge is 0.126 e. The Morgan fingerprint density at radius 2 is 2.05 bits per heavy atom. The van der Waals surface area contributed by atoms with Gasteiger partial charge in [0.1, 0.15) is 10.8 Å². The Morgan fingerprint density at radius 3 is 2.84 bits per heavy atom. The third-order valence-corrected chi connectivity index (χ3v) is 3.90. The van der Waals surface area contributed by atoms with Crippen molar-refractivity contribution in [2.24, 2.45) is 0 Å². The van der Waals surface area contributed by atoms with Gasteiger partial charge in [-0.3, -0.25) is 0 Å². The van der Waals surface area contributed by atoms with Gasteiger partial charge in [-0.05, 0) is 30.3 Å². The molecule has 1 heterocycles. The third-order valence-electron chi connectivity index (χ3n) is 2.64. The van der Waals surface area contributed by atoms with Crippen LogP contribution in [0.1, 0.15) is 5.01 Å². The van der Waals surface area contributed by atoms with E-state index in [4.69, 9.17) is 11.6 Å². The number of fused-ring (bicyclic) bond motifs is 1. The van der Waals surface area contributed by atoms with Crippen molar-refractivity contribution in [3.05, 3.63) is 58.3 Å². The molecule has 0 saturated heterocycles. The van der Waals surface area contributed by atoms with Crippen LogP contribution in [0.5, 0.6) is 0 Å². The minimum Gasteiger partial charge on any atom is -0.378 e. The zero-order valence-corrected chi connectivity index (χ0v) is 11.4. The van der Waals surface area contributed by atoms with Crippen LogP contribution in [0.2, 0.25) is 5.02 Å². The van der Waals surface area contributed by atoms with Gasteiger partial charge in [0.15, 0.2) is 0 Å². The van der Waals surface area contributed by atoms with Crippen LogP contribution in [0.4, 0.5) is 10.1 Å². The minimum atomic E-state index is -0.348. The van der Waals surface area contributed by atoms with Gasteiger partial charge >= 0.3 is 0 Å². The summed E-state index contributed by atoms with van der Waals surface area (Å²) in [6.45, 7) is 0.555. The van der Waals surface area contributed by atoms with Crippen molar-refractivity contribution < 1.29 is 4.39 Å². The second-order valence-corrected chi connectivity index (χ2v) is 5.64. The van der Waals surface area contributed by atoms with E-state index in [0.29, 0.717) is 17.3 Å². The number of halogens is 2. The number of rotatable bonds is 3. The highest BCUT2D eigenvalue weighted by atomic mass is 35.5. The van der Waals surface area contributed by atoms with E-state index in [2.05, 4.69) is 10.3 Å². The first-order valence-corrected chi connectivity index (χ1v) is 6.94. The Bertz CT molecular complexity index is 673. The molecule has 2 nitrogen and oxygen atoms in total. The number of aromatic nitrogens is 1. The minimum absolute atomic E-state index is 0.348. The molecule has 0 radical (unpaired) electrons. The molecule has 0 amide bonds. The van der Waals surface area contributed by atoms with E-state index < -0.39 is 0 Å². The fourth-order valence-electron chi connectivity index (χ4n) is 1.83. The molecule has 96 valence electrons. The van der Waals surface area contributed by atoms with Crippen LogP contribution in [0.15, 0.2) is 42.5 Å². The molecule has 0 aliphatic rings. The second kappa shape index (κ2) is 5.15. The molecular formula is C14H10ClFN2S. The molecule has 1 aromatic heterocycles. The highest BCUT2D eigenvalue weighted by Gasteiger charge is 2.04. The van der Waals surface area contributed by atoms with E-state index in [1.54, 1.807) is 17.4 Å². The number of thiazole rings is 1. The molecule has 0 aliphatic carbocycles. The Balaban J connectivity index is 1.78. The zero-order valence-electron chi connectivity index (χ0n) is 9.86. The van der Waals surface area contributed by atoms with Crippen molar-refractivity contribution in [1.29, 1.82) is 0 Å². The van der Waals surface area contributed by atoms with Crippen molar-refractivity contribution in [2.45, 2.75) is 6.54 Å². The van der Waals surface area contributed by atoms with Crippen molar-refractivity contribution in [1.82, 2.24) is 4.98 Å². The number of hydrogen-bond acceptors (Lipinski definition) is 3. The number of para-hydroxylation sites is 1. The maximum Gasteiger partial charge on any atom is 0.126 e. The van der Waals surface area contributed by atoms with E-state index in [9.17, 15) is 4.39 Å². The monoisotopic (exact) mass is 292 g/mol. The molecule has 19 heavy (non-hydrogen) atoms. The predicted molar refractivity (Wildman–Crippen MR) is 78.4 cm³/mol. The van der Waals surface area contributed by atoms with Gasteiger partial charge in [0.25, 0.3) is 0 Å². The molecular weight excluding hydrogens is 283 g/mol. The lowest BCUT2D eigenvalue weighted by molar-refractivity contribution is 0.628. The maximum absolute atomic E-state index is 13.2. The summed E-state index contributed by atoms with van der Waals surface area (Å²) in [5.74, 6) is -0.348. The molecule has 0 atom stereocenters. The fourth-order valence-corrected chi connectivity index (χ4v) is 2.96. The molecule has 0 bridgehead atoms. The Kier molecular flexibility index (Phi) is 3.36. The number of anilines is 1. The Labute approximate surface area is 118 Å². The standard InChI is InChI=1S/C14H10ClFN2S/c15-9-5-10(16)7-11(6-9)17-8-14-18-12-3-1-2-4-13(12)19-14/h1-7,17H,8H2. The van der Waals surface area contributed by atoms with Gasteiger partial charge in [-0.15, -0.1) is 11.3 Å². The highest BCUT2D eigenvalue weighted by Crippen LogP contribution is 2.23. The molecule has 3 aromatic rings. The lowest BCUT2D eigenvalue weighted by Crippen LogP contribution is -1.99. The average Bonchev–Trinajstić information content (AvgIpc) is 2.78. The first kappa shape index (κ1) is 12.4. The van der Waals surface area contributed by atoms with Gasteiger partial charge in [0, 0.05) is 10.7 Å². The summed E-state index contributed by atoms with van der Waals surface area (Å²) in [6, 6.07) is 12.4. The lowest BCUT2D eigenvalue weighted by atomic mass is 10.3. The molecule has 0 aliphatic heterocycles. The van der Waals surface area contributed by atoms with Crippen molar-refractivity contribution in [2.75, 3.05) is 5.32 Å². The van der Waals surface area contributed by atoms with E-state index in [1.165, 1.54) is 12.1 Å². The maximum atomic E-state index is 13.2. The highest BCUT2D eigenvalue weighted by molar-refractivity contribution is 7.18. The molecule has 0 spiro atoms. The summed E-state index contributed by atoms with van der Waals surface area (Å²) in [4.78, 5) is 4.50. The van der Waals surface area contributed by atoms with Crippen LogP contribution >= 0.6 is 22.9 Å². The lowest BCUT2D eigenvalue weighted by Gasteiger charge is -2.04. The van der Waals surface area contributed by atoms with Gasteiger partial charge in [0.05, 0.1) is 16.8 Å². The predicted octanol–water partition coefficient (Wildman–Crippen LogP) is 4.70. The normalized spacial score (nSPS) is 10.8. The first-order chi connectivity index (χ1) is 9.20. The van der Waals surface area contributed by atoms with Crippen molar-refractivity contribution in [3.8, 4) is 0 Å². The molecule has 1 N–H and O–H groups in total. The summed E-state index contributed by atoms with van der Waals surface area (Å²) in [5, 5.41) is 4.47. The Hall–Kier alpha value is -1.65. The van der Waals surface area contributed by atoms with Crippen LogP contribution in [0.25, 0.3) is 10.2 Å². The van der Waals surface area contributed by atoms with Crippen molar-refractivity contribution in [3.63, 3.8) is 0 Å². The topological polar surface area (TPSA) is 24.9 Å². The van der Waals surface area contributed by atoms with Gasteiger partial charge in [-0.1, -0.05) is 23.7 Å². The summed E-state index contributed by atoms with van der Waals surface area (Å²) >= 11 is 7.43. The molecule has 0 unspecified atom stereocenters. The van der Waals surface area contributed by atoms with E-state index in [0.717, 1.165) is 15.2 Å². The van der Waals surface area contributed by atoms with Crippen LogP contribution in [-0.2, 0) is 6.54 Å². The molecule has 2 aromatic carbocycles. The number of hydrogen-bond donors (Lipinski definition) is 1. The van der Waals surface area contributed by atoms with E-state index >= 15 is 0 Å². The van der Waals surface area contributed by atoms with Gasteiger partial charge < -0.3 is 5.32 Å². The third kappa shape index (κ3) is 2.85. The fraction of sp³-hybridized carbons (Fsp3) is 0.0714. The van der Waals surface area contributed by atoms with E-state index in [-0.39, 0.29) is 5.82 Å². The first-order valence-electron chi connectivity index (χ1n) is 5.75. The second-order valence-electron chi connectivity index (χ2n) is 4.09.